The van der Waals surface area contributed by atoms with E-state index < -0.39 is 5.97 Å². The zero-order valence-electron chi connectivity index (χ0n) is 13.7. The fourth-order valence-electron chi connectivity index (χ4n) is 2.56. The zero-order valence-corrected chi connectivity index (χ0v) is 13.7. The number of nitrogens with zero attached hydrogens (tertiary/aromatic N) is 1. The van der Waals surface area contributed by atoms with Crippen molar-refractivity contribution in [2.45, 2.75) is 19.9 Å². The lowest BCUT2D eigenvalue weighted by molar-refractivity contribution is -0.134. The van der Waals surface area contributed by atoms with E-state index in [0.717, 1.165) is 5.56 Å². The number of aromatic carboxylic acids is 1. The largest absolute Gasteiger partial charge is 0.478 e. The van der Waals surface area contributed by atoms with Gasteiger partial charge in [0, 0.05) is 19.5 Å². The van der Waals surface area contributed by atoms with Crippen molar-refractivity contribution in [3.05, 3.63) is 71.0 Å². The molecule has 0 radical (unpaired) electrons. The van der Waals surface area contributed by atoms with Gasteiger partial charge in [-0.2, -0.15) is 0 Å². The summed E-state index contributed by atoms with van der Waals surface area (Å²) in [4.78, 5) is 24.9. The number of carbonyl (C=O) groups excluding carboxylic acids is 1. The van der Waals surface area contributed by atoms with Gasteiger partial charge in [-0.15, -0.1) is 0 Å². The molecule has 2 aromatic rings. The van der Waals surface area contributed by atoms with Crippen LogP contribution in [0.2, 0.25) is 0 Å². The third-order valence-corrected chi connectivity index (χ3v) is 3.90. The molecule has 1 amide bonds. The SMILES string of the molecule is CC(Cc1ccccc1F)C(=O)N(C)Cc1ccc(C(=O)O)cc1. The molecule has 1 unspecified atom stereocenters. The Bertz CT molecular complexity index is 728. The fourth-order valence-corrected chi connectivity index (χ4v) is 2.56. The molecule has 0 aliphatic rings. The van der Waals surface area contributed by atoms with Gasteiger partial charge >= 0.3 is 5.97 Å². The fraction of sp³-hybridized carbons (Fsp3) is 0.263. The first-order valence-corrected chi connectivity index (χ1v) is 7.69. The summed E-state index contributed by atoms with van der Waals surface area (Å²) in [5.41, 5.74) is 1.58. The second-order valence-corrected chi connectivity index (χ2v) is 5.89. The monoisotopic (exact) mass is 329 g/mol. The lowest BCUT2D eigenvalue weighted by Gasteiger charge is -2.22. The molecule has 2 rings (SSSR count). The summed E-state index contributed by atoms with van der Waals surface area (Å²) in [6, 6.07) is 12.9. The van der Waals surface area contributed by atoms with Crippen LogP contribution in [0.3, 0.4) is 0 Å². The number of carbonyl (C=O) groups is 2. The molecule has 0 spiro atoms. The maximum Gasteiger partial charge on any atom is 0.335 e. The van der Waals surface area contributed by atoms with Gasteiger partial charge < -0.3 is 10.0 Å². The number of amides is 1. The molecule has 24 heavy (non-hydrogen) atoms. The normalized spacial score (nSPS) is 11.8. The van der Waals surface area contributed by atoms with E-state index in [1.807, 2.05) is 0 Å². The van der Waals surface area contributed by atoms with Gasteiger partial charge in [0.05, 0.1) is 5.56 Å². The van der Waals surface area contributed by atoms with E-state index >= 15 is 0 Å². The molecule has 1 atom stereocenters. The average Bonchev–Trinajstić information content (AvgIpc) is 2.56. The highest BCUT2D eigenvalue weighted by atomic mass is 19.1. The van der Waals surface area contributed by atoms with Gasteiger partial charge in [0.25, 0.3) is 0 Å². The predicted molar refractivity (Wildman–Crippen MR) is 89.1 cm³/mol. The molecule has 0 fully saturated rings. The van der Waals surface area contributed by atoms with Crippen LogP contribution in [-0.2, 0) is 17.8 Å². The van der Waals surface area contributed by atoms with Gasteiger partial charge in [0.2, 0.25) is 5.91 Å². The molecular weight excluding hydrogens is 309 g/mol. The summed E-state index contributed by atoms with van der Waals surface area (Å²) in [7, 11) is 1.69. The summed E-state index contributed by atoms with van der Waals surface area (Å²) in [5, 5.41) is 8.89. The van der Waals surface area contributed by atoms with E-state index in [1.54, 1.807) is 49.2 Å². The first-order valence-electron chi connectivity index (χ1n) is 7.69. The molecule has 1 N–H and O–H groups in total. The third-order valence-electron chi connectivity index (χ3n) is 3.90. The zero-order chi connectivity index (χ0) is 17.7. The van der Waals surface area contributed by atoms with E-state index in [1.165, 1.54) is 18.2 Å². The number of carboxylic acids is 1. The molecule has 0 saturated carbocycles. The number of halogens is 1. The van der Waals surface area contributed by atoms with Crippen molar-refractivity contribution in [3.8, 4) is 0 Å². The summed E-state index contributed by atoms with van der Waals surface area (Å²) >= 11 is 0. The summed E-state index contributed by atoms with van der Waals surface area (Å²) in [5.74, 6) is -1.71. The van der Waals surface area contributed by atoms with Gasteiger partial charge in [-0.25, -0.2) is 9.18 Å². The topological polar surface area (TPSA) is 57.6 Å². The highest BCUT2D eigenvalue weighted by Crippen LogP contribution is 2.15. The predicted octanol–water partition coefficient (Wildman–Crippen LogP) is 3.36. The van der Waals surface area contributed by atoms with Crippen LogP contribution < -0.4 is 0 Å². The van der Waals surface area contributed by atoms with E-state index in [0.29, 0.717) is 18.5 Å². The minimum atomic E-state index is -0.982. The first-order chi connectivity index (χ1) is 11.4. The molecule has 0 saturated heterocycles. The van der Waals surface area contributed by atoms with Gasteiger partial charge in [0.1, 0.15) is 5.82 Å². The molecule has 0 aromatic heterocycles. The van der Waals surface area contributed by atoms with Crippen LogP contribution in [-0.4, -0.2) is 28.9 Å². The van der Waals surface area contributed by atoms with Crippen LogP contribution in [0.1, 0.15) is 28.4 Å². The molecule has 2 aromatic carbocycles. The first kappa shape index (κ1) is 17.7. The highest BCUT2D eigenvalue weighted by molar-refractivity contribution is 5.87. The van der Waals surface area contributed by atoms with Crippen LogP contribution in [0.25, 0.3) is 0 Å². The smallest absolute Gasteiger partial charge is 0.335 e. The summed E-state index contributed by atoms with van der Waals surface area (Å²) in [6.07, 6.45) is 0.341. The summed E-state index contributed by atoms with van der Waals surface area (Å²) in [6.45, 7) is 2.15. The van der Waals surface area contributed by atoms with Crippen molar-refractivity contribution < 1.29 is 19.1 Å². The molecular formula is C19H20FNO3. The van der Waals surface area contributed by atoms with Gasteiger partial charge in [-0.05, 0) is 35.7 Å². The van der Waals surface area contributed by atoms with Crippen LogP contribution in [0.5, 0.6) is 0 Å². The van der Waals surface area contributed by atoms with Crippen molar-refractivity contribution in [2.75, 3.05) is 7.05 Å². The van der Waals surface area contributed by atoms with Gasteiger partial charge in [-0.3, -0.25) is 4.79 Å². The average molecular weight is 329 g/mol. The maximum absolute atomic E-state index is 13.7. The van der Waals surface area contributed by atoms with Crippen molar-refractivity contribution in [3.63, 3.8) is 0 Å². The molecule has 5 heteroatoms. The van der Waals surface area contributed by atoms with E-state index in [-0.39, 0.29) is 23.2 Å². The Morgan fingerprint density at radius 2 is 1.75 bits per heavy atom. The summed E-state index contributed by atoms with van der Waals surface area (Å²) < 4.78 is 13.7. The Morgan fingerprint density at radius 3 is 2.33 bits per heavy atom. The van der Waals surface area contributed by atoms with E-state index in [4.69, 9.17) is 5.11 Å². The Labute approximate surface area is 140 Å². The van der Waals surface area contributed by atoms with Crippen molar-refractivity contribution in [1.82, 2.24) is 4.90 Å². The Morgan fingerprint density at radius 1 is 1.12 bits per heavy atom. The lowest BCUT2D eigenvalue weighted by Crippen LogP contribution is -2.32. The Kier molecular flexibility index (Phi) is 5.68. The second kappa shape index (κ2) is 7.73. The van der Waals surface area contributed by atoms with E-state index in [2.05, 4.69) is 0 Å². The third kappa shape index (κ3) is 4.41. The van der Waals surface area contributed by atoms with Crippen LogP contribution in [0.15, 0.2) is 48.5 Å². The number of hydrogen-bond acceptors (Lipinski definition) is 2. The lowest BCUT2D eigenvalue weighted by atomic mass is 9.99. The Hall–Kier alpha value is -2.69. The van der Waals surface area contributed by atoms with Crippen molar-refractivity contribution in [2.24, 2.45) is 5.92 Å². The molecule has 0 bridgehead atoms. The van der Waals surface area contributed by atoms with Gasteiger partial charge in [0.15, 0.2) is 0 Å². The standard InChI is InChI=1S/C19H20FNO3/c1-13(11-16-5-3-4-6-17(16)20)18(22)21(2)12-14-7-9-15(10-8-14)19(23)24/h3-10,13H,11-12H2,1-2H3,(H,23,24). The molecule has 0 heterocycles. The number of carboxylic acid groups (broad SMARTS) is 1. The minimum absolute atomic E-state index is 0.0828. The number of rotatable bonds is 6. The molecule has 4 nitrogen and oxygen atoms in total. The second-order valence-electron chi connectivity index (χ2n) is 5.89. The van der Waals surface area contributed by atoms with Gasteiger partial charge in [-0.1, -0.05) is 37.3 Å². The molecule has 0 aliphatic heterocycles. The van der Waals surface area contributed by atoms with E-state index in [9.17, 15) is 14.0 Å². The number of hydrogen-bond donors (Lipinski definition) is 1. The van der Waals surface area contributed by atoms with Crippen molar-refractivity contribution >= 4 is 11.9 Å². The van der Waals surface area contributed by atoms with Crippen LogP contribution >= 0.6 is 0 Å². The minimum Gasteiger partial charge on any atom is -0.478 e. The molecule has 126 valence electrons. The van der Waals surface area contributed by atoms with Crippen molar-refractivity contribution in [1.29, 1.82) is 0 Å². The van der Waals surface area contributed by atoms with Crippen LogP contribution in [0, 0.1) is 11.7 Å². The maximum atomic E-state index is 13.7. The highest BCUT2D eigenvalue weighted by Gasteiger charge is 2.19. The van der Waals surface area contributed by atoms with Crippen LogP contribution in [0.4, 0.5) is 4.39 Å². The molecule has 0 aliphatic carbocycles. The number of benzene rings is 2. The Balaban J connectivity index is 1.98. The quantitative estimate of drug-likeness (QED) is 0.884.